The molecule has 1 aliphatic rings. The second kappa shape index (κ2) is 7.84. The molecule has 4 nitrogen and oxygen atoms in total. The summed E-state index contributed by atoms with van der Waals surface area (Å²) in [4.78, 5) is 0. The molecule has 112 valence electrons. The smallest absolute Gasteiger partial charge is 0.125 e. The molecule has 3 N–H and O–H groups in total. The molecule has 0 aromatic heterocycles. The number of hydrazine groups is 1. The highest BCUT2D eigenvalue weighted by molar-refractivity contribution is 6.30. The molecule has 1 saturated heterocycles. The second-order valence-electron chi connectivity index (χ2n) is 5.17. The third kappa shape index (κ3) is 4.09. The fourth-order valence-electron chi connectivity index (χ4n) is 2.72. The molecule has 1 aromatic carbocycles. The van der Waals surface area contributed by atoms with Crippen molar-refractivity contribution in [1.29, 1.82) is 0 Å². The number of nitrogens with one attached hydrogen (secondary N) is 1. The monoisotopic (exact) mass is 298 g/mol. The first kappa shape index (κ1) is 15.6. The fraction of sp³-hybridized carbons (Fsp3) is 0.600. The van der Waals surface area contributed by atoms with E-state index >= 15 is 0 Å². The minimum atomic E-state index is 0.0728. The van der Waals surface area contributed by atoms with E-state index in [1.165, 1.54) is 12.8 Å². The van der Waals surface area contributed by atoms with Gasteiger partial charge in [0.25, 0.3) is 0 Å². The molecule has 1 heterocycles. The molecule has 2 unspecified atom stereocenters. The number of rotatable bonds is 7. The van der Waals surface area contributed by atoms with E-state index in [0.29, 0.717) is 11.1 Å². The van der Waals surface area contributed by atoms with Gasteiger partial charge in [-0.1, -0.05) is 17.7 Å². The normalized spacial score (nSPS) is 20.1. The molecular weight excluding hydrogens is 276 g/mol. The number of benzene rings is 1. The largest absolute Gasteiger partial charge is 0.496 e. The molecule has 1 aliphatic heterocycles. The van der Waals surface area contributed by atoms with Crippen molar-refractivity contribution in [3.8, 4) is 5.75 Å². The Bertz CT molecular complexity index is 422. The van der Waals surface area contributed by atoms with Gasteiger partial charge in [-0.25, -0.2) is 0 Å². The van der Waals surface area contributed by atoms with Crippen LogP contribution in [0.15, 0.2) is 18.2 Å². The molecule has 0 bridgehead atoms. The molecular formula is C15H23ClN2O2. The van der Waals surface area contributed by atoms with Crippen LogP contribution in [0.1, 0.15) is 43.7 Å². The van der Waals surface area contributed by atoms with E-state index in [1.54, 1.807) is 7.11 Å². The number of hydrogen-bond donors (Lipinski definition) is 2. The summed E-state index contributed by atoms with van der Waals surface area (Å²) in [7, 11) is 1.65. The van der Waals surface area contributed by atoms with Crippen LogP contribution in [0.3, 0.4) is 0 Å². The minimum Gasteiger partial charge on any atom is -0.496 e. The Morgan fingerprint density at radius 1 is 1.55 bits per heavy atom. The average Bonchev–Trinajstić information content (AvgIpc) is 2.97. The van der Waals surface area contributed by atoms with E-state index in [4.69, 9.17) is 26.9 Å². The summed E-state index contributed by atoms with van der Waals surface area (Å²) >= 11 is 5.99. The molecule has 1 aromatic rings. The van der Waals surface area contributed by atoms with E-state index in [9.17, 15) is 0 Å². The molecule has 2 rings (SSSR count). The van der Waals surface area contributed by atoms with Gasteiger partial charge in [0.1, 0.15) is 5.75 Å². The van der Waals surface area contributed by atoms with Gasteiger partial charge in [0.15, 0.2) is 0 Å². The number of hydrogen-bond acceptors (Lipinski definition) is 4. The highest BCUT2D eigenvalue weighted by Crippen LogP contribution is 2.31. The van der Waals surface area contributed by atoms with Crippen LogP contribution in [-0.4, -0.2) is 19.8 Å². The van der Waals surface area contributed by atoms with Gasteiger partial charge in [0.2, 0.25) is 0 Å². The summed E-state index contributed by atoms with van der Waals surface area (Å²) in [6, 6.07) is 5.73. The van der Waals surface area contributed by atoms with Crippen molar-refractivity contribution in [1.82, 2.24) is 5.43 Å². The molecule has 0 aliphatic carbocycles. The van der Waals surface area contributed by atoms with Gasteiger partial charge in [-0.05, 0) is 44.2 Å². The third-order valence-corrected chi connectivity index (χ3v) is 4.05. The summed E-state index contributed by atoms with van der Waals surface area (Å²) in [6.45, 7) is 0.911. The Morgan fingerprint density at radius 2 is 2.40 bits per heavy atom. The Labute approximate surface area is 125 Å². The van der Waals surface area contributed by atoms with Crippen LogP contribution in [0.2, 0.25) is 5.02 Å². The van der Waals surface area contributed by atoms with Crippen molar-refractivity contribution in [3.05, 3.63) is 28.8 Å². The predicted octanol–water partition coefficient (Wildman–Crippen LogP) is 3.20. The second-order valence-corrected chi connectivity index (χ2v) is 5.61. The number of halogens is 1. The quantitative estimate of drug-likeness (QED) is 0.599. The fourth-order valence-corrected chi connectivity index (χ4v) is 2.89. The zero-order valence-corrected chi connectivity index (χ0v) is 12.7. The average molecular weight is 299 g/mol. The standard InChI is InChI=1S/C15H23ClN2O2/c1-19-15-10-11(16)7-8-13(15)14(18-17)6-2-4-12-5-3-9-20-12/h7-8,10,12,14,18H,2-6,9,17H2,1H3. The molecule has 20 heavy (non-hydrogen) atoms. The zero-order valence-electron chi connectivity index (χ0n) is 11.9. The summed E-state index contributed by atoms with van der Waals surface area (Å²) < 4.78 is 11.0. The van der Waals surface area contributed by atoms with Crippen LogP contribution in [0.5, 0.6) is 5.75 Å². The minimum absolute atomic E-state index is 0.0728. The first-order valence-corrected chi connectivity index (χ1v) is 7.53. The maximum Gasteiger partial charge on any atom is 0.125 e. The highest BCUT2D eigenvalue weighted by Gasteiger charge is 2.18. The lowest BCUT2D eigenvalue weighted by molar-refractivity contribution is 0.101. The number of nitrogens with two attached hydrogens (primary N) is 1. The van der Waals surface area contributed by atoms with Crippen molar-refractivity contribution in [3.63, 3.8) is 0 Å². The molecule has 2 atom stereocenters. The third-order valence-electron chi connectivity index (χ3n) is 3.82. The van der Waals surface area contributed by atoms with Crippen LogP contribution in [0.4, 0.5) is 0 Å². The van der Waals surface area contributed by atoms with E-state index in [-0.39, 0.29) is 6.04 Å². The Morgan fingerprint density at radius 3 is 3.05 bits per heavy atom. The van der Waals surface area contributed by atoms with Gasteiger partial charge in [-0.15, -0.1) is 0 Å². The lowest BCUT2D eigenvalue weighted by Gasteiger charge is -2.20. The Hall–Kier alpha value is -0.810. The van der Waals surface area contributed by atoms with E-state index in [1.807, 2.05) is 18.2 Å². The van der Waals surface area contributed by atoms with E-state index in [0.717, 1.165) is 37.2 Å². The van der Waals surface area contributed by atoms with Crippen molar-refractivity contribution in [2.24, 2.45) is 5.84 Å². The SMILES string of the molecule is COc1cc(Cl)ccc1C(CCCC1CCCO1)NN. The first-order valence-electron chi connectivity index (χ1n) is 7.15. The summed E-state index contributed by atoms with van der Waals surface area (Å²) in [6.07, 6.45) is 5.92. The van der Waals surface area contributed by atoms with Crippen molar-refractivity contribution < 1.29 is 9.47 Å². The van der Waals surface area contributed by atoms with Crippen LogP contribution in [0.25, 0.3) is 0 Å². The Kier molecular flexibility index (Phi) is 6.10. The van der Waals surface area contributed by atoms with Crippen molar-refractivity contribution in [2.75, 3.05) is 13.7 Å². The zero-order chi connectivity index (χ0) is 14.4. The molecule has 1 fully saturated rings. The highest BCUT2D eigenvalue weighted by atomic mass is 35.5. The lowest BCUT2D eigenvalue weighted by atomic mass is 9.99. The molecule has 0 amide bonds. The Balaban J connectivity index is 1.93. The van der Waals surface area contributed by atoms with Crippen LogP contribution >= 0.6 is 11.6 Å². The summed E-state index contributed by atoms with van der Waals surface area (Å²) in [5, 5.41) is 0.667. The van der Waals surface area contributed by atoms with Gasteiger partial charge in [-0.3, -0.25) is 11.3 Å². The van der Waals surface area contributed by atoms with Gasteiger partial charge < -0.3 is 9.47 Å². The maximum atomic E-state index is 5.99. The van der Waals surface area contributed by atoms with Gasteiger partial charge in [0, 0.05) is 23.2 Å². The summed E-state index contributed by atoms with van der Waals surface area (Å²) in [5.74, 6) is 6.47. The van der Waals surface area contributed by atoms with Gasteiger partial charge >= 0.3 is 0 Å². The van der Waals surface area contributed by atoms with Crippen LogP contribution < -0.4 is 16.0 Å². The molecule has 0 saturated carbocycles. The molecule has 5 heteroatoms. The molecule has 0 radical (unpaired) electrons. The number of ether oxygens (including phenoxy) is 2. The van der Waals surface area contributed by atoms with Gasteiger partial charge in [0.05, 0.1) is 13.2 Å². The van der Waals surface area contributed by atoms with Crippen LogP contribution in [-0.2, 0) is 4.74 Å². The predicted molar refractivity (Wildman–Crippen MR) is 80.9 cm³/mol. The van der Waals surface area contributed by atoms with Crippen LogP contribution in [0, 0.1) is 0 Å². The van der Waals surface area contributed by atoms with E-state index < -0.39 is 0 Å². The maximum absolute atomic E-state index is 5.99. The number of methoxy groups -OCH3 is 1. The van der Waals surface area contributed by atoms with E-state index in [2.05, 4.69) is 5.43 Å². The lowest BCUT2D eigenvalue weighted by Crippen LogP contribution is -2.28. The summed E-state index contributed by atoms with van der Waals surface area (Å²) in [5.41, 5.74) is 3.92. The molecule has 0 spiro atoms. The van der Waals surface area contributed by atoms with Crippen molar-refractivity contribution in [2.45, 2.75) is 44.2 Å². The van der Waals surface area contributed by atoms with Crippen molar-refractivity contribution >= 4 is 11.6 Å². The first-order chi connectivity index (χ1) is 9.74. The topological polar surface area (TPSA) is 56.5 Å². The van der Waals surface area contributed by atoms with Gasteiger partial charge in [-0.2, -0.15) is 0 Å².